The van der Waals surface area contributed by atoms with E-state index in [9.17, 15) is 9.59 Å². The van der Waals surface area contributed by atoms with Crippen molar-refractivity contribution in [1.82, 2.24) is 5.16 Å². The van der Waals surface area contributed by atoms with Crippen molar-refractivity contribution in [3.63, 3.8) is 0 Å². The summed E-state index contributed by atoms with van der Waals surface area (Å²) in [5, 5.41) is 18.5. The second kappa shape index (κ2) is 8.19. The van der Waals surface area contributed by atoms with Crippen molar-refractivity contribution in [1.29, 1.82) is 5.26 Å². The Kier molecular flexibility index (Phi) is 5.28. The summed E-state index contributed by atoms with van der Waals surface area (Å²) in [7, 11) is 0. The average Bonchev–Trinajstić information content (AvgIpc) is 3.40. The van der Waals surface area contributed by atoms with E-state index in [0.29, 0.717) is 27.2 Å². The number of thiophene rings is 1. The van der Waals surface area contributed by atoms with Crippen LogP contribution in [0.1, 0.15) is 22.8 Å². The second-order valence-electron chi connectivity index (χ2n) is 6.42. The first-order chi connectivity index (χ1) is 14.6. The SMILES string of the molecule is CC(OC(=O)c1ccc2noc(-c3ccccc3)c2c1)C(=O)Nc1sccc1C#N. The first-order valence-electron chi connectivity index (χ1n) is 9.01. The Morgan fingerprint density at radius 3 is 2.77 bits per heavy atom. The van der Waals surface area contributed by atoms with Crippen LogP contribution >= 0.6 is 11.3 Å². The Morgan fingerprint density at radius 2 is 2.00 bits per heavy atom. The molecule has 1 unspecified atom stereocenters. The monoisotopic (exact) mass is 417 g/mol. The molecule has 148 valence electrons. The molecule has 0 aliphatic rings. The number of aromatic nitrogens is 1. The number of amides is 1. The highest BCUT2D eigenvalue weighted by molar-refractivity contribution is 7.14. The number of carbonyl (C=O) groups excluding carboxylic acids is 2. The zero-order valence-electron chi connectivity index (χ0n) is 15.8. The molecule has 0 saturated heterocycles. The fourth-order valence-electron chi connectivity index (χ4n) is 2.86. The molecule has 1 N–H and O–H groups in total. The number of esters is 1. The van der Waals surface area contributed by atoms with Gasteiger partial charge in [0.1, 0.15) is 16.6 Å². The van der Waals surface area contributed by atoms with Crippen LogP contribution in [0.4, 0.5) is 5.00 Å². The highest BCUT2D eigenvalue weighted by Crippen LogP contribution is 2.29. The number of rotatable bonds is 5. The summed E-state index contributed by atoms with van der Waals surface area (Å²) in [6, 6.07) is 17.9. The van der Waals surface area contributed by atoms with Gasteiger partial charge >= 0.3 is 5.97 Å². The van der Waals surface area contributed by atoms with E-state index in [1.165, 1.54) is 18.3 Å². The molecule has 30 heavy (non-hydrogen) atoms. The van der Waals surface area contributed by atoms with Crippen LogP contribution in [0.5, 0.6) is 0 Å². The maximum Gasteiger partial charge on any atom is 0.338 e. The summed E-state index contributed by atoms with van der Waals surface area (Å²) in [6.45, 7) is 1.47. The Bertz CT molecular complexity index is 1270. The molecule has 0 fully saturated rings. The summed E-state index contributed by atoms with van der Waals surface area (Å²) in [6.07, 6.45) is -1.04. The Balaban J connectivity index is 1.52. The van der Waals surface area contributed by atoms with Gasteiger partial charge in [-0.25, -0.2) is 4.79 Å². The van der Waals surface area contributed by atoms with Gasteiger partial charge in [0.05, 0.1) is 16.5 Å². The lowest BCUT2D eigenvalue weighted by Gasteiger charge is -2.13. The van der Waals surface area contributed by atoms with Gasteiger partial charge in [0, 0.05) is 5.56 Å². The van der Waals surface area contributed by atoms with E-state index in [1.807, 2.05) is 36.4 Å². The topological polar surface area (TPSA) is 105 Å². The zero-order chi connectivity index (χ0) is 21.1. The molecule has 2 aromatic carbocycles. The first-order valence-corrected chi connectivity index (χ1v) is 9.89. The Labute approximate surface area is 175 Å². The maximum absolute atomic E-state index is 12.6. The minimum Gasteiger partial charge on any atom is -0.449 e. The Morgan fingerprint density at radius 1 is 1.20 bits per heavy atom. The van der Waals surface area contributed by atoms with Crippen LogP contribution in [-0.2, 0) is 9.53 Å². The van der Waals surface area contributed by atoms with E-state index >= 15 is 0 Å². The molecule has 2 aromatic heterocycles. The third kappa shape index (κ3) is 3.79. The molecule has 0 radical (unpaired) electrons. The van der Waals surface area contributed by atoms with E-state index in [2.05, 4.69) is 10.5 Å². The van der Waals surface area contributed by atoms with Crippen LogP contribution in [0.15, 0.2) is 64.5 Å². The third-order valence-corrected chi connectivity index (χ3v) is 5.25. The van der Waals surface area contributed by atoms with Crippen LogP contribution in [0.25, 0.3) is 22.2 Å². The normalized spacial score (nSPS) is 11.6. The van der Waals surface area contributed by atoms with E-state index in [0.717, 1.165) is 5.56 Å². The molecular formula is C22H15N3O4S. The first kappa shape index (κ1) is 19.4. The second-order valence-corrected chi connectivity index (χ2v) is 7.34. The molecule has 7 nitrogen and oxygen atoms in total. The minimum atomic E-state index is -1.04. The van der Waals surface area contributed by atoms with Gasteiger partial charge in [0.15, 0.2) is 11.9 Å². The van der Waals surface area contributed by atoms with Gasteiger partial charge < -0.3 is 14.6 Å². The van der Waals surface area contributed by atoms with Crippen LogP contribution in [0, 0.1) is 11.3 Å². The van der Waals surface area contributed by atoms with E-state index in [-0.39, 0.29) is 5.56 Å². The molecule has 0 saturated carbocycles. The van der Waals surface area contributed by atoms with Crippen LogP contribution < -0.4 is 5.32 Å². The van der Waals surface area contributed by atoms with Crippen molar-refractivity contribution >= 4 is 39.1 Å². The molecule has 0 aliphatic carbocycles. The number of nitrogens with one attached hydrogen (secondary N) is 1. The van der Waals surface area contributed by atoms with Gasteiger partial charge in [0.2, 0.25) is 0 Å². The number of fused-ring (bicyclic) bond motifs is 1. The zero-order valence-corrected chi connectivity index (χ0v) is 16.6. The number of nitriles is 1. The number of ether oxygens (including phenoxy) is 1. The van der Waals surface area contributed by atoms with Crippen molar-refractivity contribution < 1.29 is 18.8 Å². The van der Waals surface area contributed by atoms with Gasteiger partial charge in [-0.05, 0) is 36.6 Å². The van der Waals surface area contributed by atoms with Crippen molar-refractivity contribution in [3.8, 4) is 17.4 Å². The quantitative estimate of drug-likeness (QED) is 0.475. The van der Waals surface area contributed by atoms with Gasteiger partial charge in [-0.1, -0.05) is 35.5 Å². The summed E-state index contributed by atoms with van der Waals surface area (Å²) >= 11 is 1.22. The molecule has 0 spiro atoms. The number of hydrogen-bond donors (Lipinski definition) is 1. The fraction of sp³-hybridized carbons (Fsp3) is 0.0909. The van der Waals surface area contributed by atoms with Gasteiger partial charge in [-0.2, -0.15) is 5.26 Å². The predicted octanol–water partition coefficient (Wildman–Crippen LogP) is 4.61. The van der Waals surface area contributed by atoms with E-state index < -0.39 is 18.0 Å². The minimum absolute atomic E-state index is 0.274. The van der Waals surface area contributed by atoms with Crippen LogP contribution in [0.3, 0.4) is 0 Å². The van der Waals surface area contributed by atoms with Crippen molar-refractivity contribution in [2.24, 2.45) is 0 Å². The molecular weight excluding hydrogens is 402 g/mol. The van der Waals surface area contributed by atoms with Gasteiger partial charge in [-0.3, -0.25) is 4.79 Å². The summed E-state index contributed by atoms with van der Waals surface area (Å²) < 4.78 is 10.8. The lowest BCUT2D eigenvalue weighted by molar-refractivity contribution is -0.123. The molecule has 0 aliphatic heterocycles. The lowest BCUT2D eigenvalue weighted by Crippen LogP contribution is -2.29. The number of anilines is 1. The highest BCUT2D eigenvalue weighted by Gasteiger charge is 2.21. The number of benzene rings is 2. The fourth-order valence-corrected chi connectivity index (χ4v) is 3.60. The van der Waals surface area contributed by atoms with Crippen molar-refractivity contribution in [2.45, 2.75) is 13.0 Å². The molecule has 4 aromatic rings. The maximum atomic E-state index is 12.6. The summed E-state index contributed by atoms with van der Waals surface area (Å²) in [5.74, 6) is -0.613. The molecule has 0 bridgehead atoms. The van der Waals surface area contributed by atoms with E-state index in [4.69, 9.17) is 14.5 Å². The average molecular weight is 417 g/mol. The third-order valence-electron chi connectivity index (χ3n) is 4.42. The number of hydrogen-bond acceptors (Lipinski definition) is 7. The number of carbonyl (C=O) groups is 2. The summed E-state index contributed by atoms with van der Waals surface area (Å²) in [5.41, 5.74) is 2.08. The summed E-state index contributed by atoms with van der Waals surface area (Å²) in [4.78, 5) is 24.9. The number of nitrogens with zero attached hydrogens (tertiary/aromatic N) is 2. The molecule has 1 amide bonds. The van der Waals surface area contributed by atoms with Gasteiger partial charge in [-0.15, -0.1) is 11.3 Å². The van der Waals surface area contributed by atoms with E-state index in [1.54, 1.807) is 29.6 Å². The van der Waals surface area contributed by atoms with Crippen LogP contribution in [0.2, 0.25) is 0 Å². The lowest BCUT2D eigenvalue weighted by atomic mass is 10.1. The Hall–Kier alpha value is -3.96. The van der Waals surface area contributed by atoms with Crippen molar-refractivity contribution in [2.75, 3.05) is 5.32 Å². The highest BCUT2D eigenvalue weighted by atomic mass is 32.1. The van der Waals surface area contributed by atoms with Crippen LogP contribution in [-0.4, -0.2) is 23.1 Å². The standard InChI is InChI=1S/C22H15N3O4S/c1-13(20(26)24-21-16(12-23)9-10-30-21)28-22(27)15-7-8-18-17(11-15)19(29-25-18)14-5-3-2-4-6-14/h2-11,13H,1H3,(H,24,26). The van der Waals surface area contributed by atoms with Gasteiger partial charge in [0.25, 0.3) is 5.91 Å². The predicted molar refractivity (Wildman–Crippen MR) is 112 cm³/mol. The van der Waals surface area contributed by atoms with Crippen molar-refractivity contribution in [3.05, 3.63) is 71.1 Å². The molecule has 1 atom stereocenters. The smallest absolute Gasteiger partial charge is 0.338 e. The molecule has 4 rings (SSSR count). The molecule has 8 heteroatoms. The molecule has 2 heterocycles. The largest absolute Gasteiger partial charge is 0.449 e.